The Morgan fingerprint density at radius 1 is 1.36 bits per heavy atom. The normalized spacial score (nSPS) is 9.64. The van der Waals surface area contributed by atoms with Crippen molar-refractivity contribution in [2.75, 3.05) is 0 Å². The first-order valence-corrected chi connectivity index (χ1v) is 2.79. The highest BCUT2D eigenvalue weighted by Gasteiger charge is 2.14. The van der Waals surface area contributed by atoms with Crippen molar-refractivity contribution in [2.45, 2.75) is 0 Å². The lowest BCUT2D eigenvalue weighted by molar-refractivity contribution is 0.425. The van der Waals surface area contributed by atoms with Gasteiger partial charge in [0.1, 0.15) is 0 Å². The maximum Gasteiger partial charge on any atom is 0.495 e. The molecule has 4 N–H and O–H groups in total. The van der Waals surface area contributed by atoms with E-state index in [0.717, 1.165) is 6.20 Å². The highest BCUT2D eigenvalue weighted by Crippen LogP contribution is 1.63. The number of hydrogen-bond acceptors (Lipinski definition) is 4. The molecular formula is C4H5BN2O4. The number of H-pyrrole nitrogens is 2. The molecule has 0 bridgehead atoms. The molecule has 58 valence electrons. The summed E-state index contributed by atoms with van der Waals surface area (Å²) in [4.78, 5) is 25.0. The van der Waals surface area contributed by atoms with Crippen LogP contribution in [-0.2, 0) is 0 Å². The van der Waals surface area contributed by atoms with Crippen molar-refractivity contribution in [3.8, 4) is 0 Å². The summed E-state index contributed by atoms with van der Waals surface area (Å²) in [5.74, 6) is 0. The summed E-state index contributed by atoms with van der Waals surface area (Å²) in [6, 6.07) is 0. The van der Waals surface area contributed by atoms with Gasteiger partial charge in [-0.2, -0.15) is 0 Å². The average Bonchev–Trinajstić information content (AvgIpc) is 1.85. The molecule has 0 spiro atoms. The SMILES string of the molecule is O=c1[nH]cc(B(O)O)c(=O)[nH]1. The van der Waals surface area contributed by atoms with Crippen LogP contribution < -0.4 is 16.7 Å². The first-order valence-electron chi connectivity index (χ1n) is 2.79. The summed E-state index contributed by atoms with van der Waals surface area (Å²) in [6.45, 7) is 0. The summed E-state index contributed by atoms with van der Waals surface area (Å²) in [6.07, 6.45) is 0.950. The molecular weight excluding hydrogens is 151 g/mol. The Hall–Kier alpha value is -1.34. The van der Waals surface area contributed by atoms with E-state index in [1.54, 1.807) is 0 Å². The van der Waals surface area contributed by atoms with Gasteiger partial charge in [-0.1, -0.05) is 0 Å². The average molecular weight is 156 g/mol. The minimum Gasteiger partial charge on any atom is -0.423 e. The molecule has 0 aliphatic rings. The van der Waals surface area contributed by atoms with Gasteiger partial charge in [0.05, 0.1) is 5.46 Å². The fourth-order valence-electron chi connectivity index (χ4n) is 0.612. The maximum absolute atomic E-state index is 10.7. The summed E-state index contributed by atoms with van der Waals surface area (Å²) < 4.78 is 0. The smallest absolute Gasteiger partial charge is 0.423 e. The van der Waals surface area contributed by atoms with Crippen LogP contribution in [0.4, 0.5) is 0 Å². The highest BCUT2D eigenvalue weighted by molar-refractivity contribution is 6.58. The summed E-state index contributed by atoms with van der Waals surface area (Å²) in [7, 11) is -1.87. The van der Waals surface area contributed by atoms with Crippen molar-refractivity contribution in [1.29, 1.82) is 0 Å². The molecule has 1 aromatic heterocycles. The first-order chi connectivity index (χ1) is 5.11. The van der Waals surface area contributed by atoms with Gasteiger partial charge >= 0.3 is 12.8 Å². The third-order valence-electron chi connectivity index (χ3n) is 1.13. The van der Waals surface area contributed by atoms with Crippen LogP contribution in [0.3, 0.4) is 0 Å². The van der Waals surface area contributed by atoms with Crippen molar-refractivity contribution in [2.24, 2.45) is 0 Å². The van der Waals surface area contributed by atoms with Gasteiger partial charge in [-0.15, -0.1) is 0 Å². The Morgan fingerprint density at radius 2 is 2.00 bits per heavy atom. The zero-order chi connectivity index (χ0) is 8.43. The molecule has 0 saturated carbocycles. The van der Waals surface area contributed by atoms with Crippen molar-refractivity contribution in [3.05, 3.63) is 27.0 Å². The van der Waals surface area contributed by atoms with Crippen LogP contribution in [0.25, 0.3) is 0 Å². The maximum atomic E-state index is 10.7. The van der Waals surface area contributed by atoms with E-state index in [2.05, 4.69) is 4.98 Å². The van der Waals surface area contributed by atoms with Crippen LogP contribution >= 0.6 is 0 Å². The second kappa shape index (κ2) is 2.73. The quantitative estimate of drug-likeness (QED) is 0.320. The van der Waals surface area contributed by atoms with E-state index in [9.17, 15) is 9.59 Å². The Balaban J connectivity index is 3.32. The molecule has 0 aliphatic heterocycles. The van der Waals surface area contributed by atoms with Gasteiger partial charge in [0.15, 0.2) is 0 Å². The largest absolute Gasteiger partial charge is 0.495 e. The van der Waals surface area contributed by atoms with Gasteiger partial charge < -0.3 is 15.0 Å². The zero-order valence-electron chi connectivity index (χ0n) is 5.37. The van der Waals surface area contributed by atoms with Crippen molar-refractivity contribution in [1.82, 2.24) is 9.97 Å². The number of aromatic nitrogens is 2. The number of rotatable bonds is 1. The number of aromatic amines is 2. The highest BCUT2D eigenvalue weighted by atomic mass is 16.4. The summed E-state index contributed by atoms with van der Waals surface area (Å²) in [5.41, 5.74) is -1.77. The summed E-state index contributed by atoms with van der Waals surface area (Å²) in [5, 5.41) is 17.0. The molecule has 0 unspecified atom stereocenters. The lowest BCUT2D eigenvalue weighted by atomic mass is 9.82. The first kappa shape index (κ1) is 7.77. The van der Waals surface area contributed by atoms with E-state index in [4.69, 9.17) is 10.0 Å². The third-order valence-corrected chi connectivity index (χ3v) is 1.13. The van der Waals surface area contributed by atoms with Crippen LogP contribution in [0.2, 0.25) is 0 Å². The van der Waals surface area contributed by atoms with E-state index in [1.807, 2.05) is 4.98 Å². The number of nitrogens with one attached hydrogen (secondary N) is 2. The Labute approximate surface area is 60.7 Å². The molecule has 0 radical (unpaired) electrons. The Bertz CT molecular complexity index is 354. The molecule has 0 fully saturated rings. The molecule has 1 aromatic rings. The predicted molar refractivity (Wildman–Crippen MR) is 37.5 cm³/mol. The molecule has 1 rings (SSSR count). The molecule has 0 aliphatic carbocycles. The van der Waals surface area contributed by atoms with E-state index in [-0.39, 0.29) is 5.46 Å². The molecule has 0 saturated heterocycles. The Kier molecular flexibility index (Phi) is 1.93. The van der Waals surface area contributed by atoms with E-state index in [1.165, 1.54) is 0 Å². The van der Waals surface area contributed by atoms with Gasteiger partial charge in [-0.25, -0.2) is 4.79 Å². The fourth-order valence-corrected chi connectivity index (χ4v) is 0.612. The van der Waals surface area contributed by atoms with Crippen molar-refractivity contribution in [3.63, 3.8) is 0 Å². The second-order valence-corrected chi connectivity index (χ2v) is 1.90. The third kappa shape index (κ3) is 1.57. The molecule has 0 atom stereocenters. The zero-order valence-corrected chi connectivity index (χ0v) is 5.37. The van der Waals surface area contributed by atoms with Crippen LogP contribution in [0, 0.1) is 0 Å². The van der Waals surface area contributed by atoms with Gasteiger partial charge in [0, 0.05) is 6.20 Å². The fraction of sp³-hybridized carbons (Fsp3) is 0. The molecule has 6 nitrogen and oxygen atoms in total. The van der Waals surface area contributed by atoms with Gasteiger partial charge in [-0.05, 0) is 0 Å². The molecule has 0 aromatic carbocycles. The minimum absolute atomic E-state index is 0.287. The summed E-state index contributed by atoms with van der Waals surface area (Å²) >= 11 is 0. The van der Waals surface area contributed by atoms with Crippen molar-refractivity contribution < 1.29 is 10.0 Å². The topological polar surface area (TPSA) is 106 Å². The number of hydrogen-bond donors (Lipinski definition) is 4. The lowest BCUT2D eigenvalue weighted by Gasteiger charge is -1.93. The molecule has 1 heterocycles. The van der Waals surface area contributed by atoms with E-state index in [0.29, 0.717) is 0 Å². The van der Waals surface area contributed by atoms with Gasteiger partial charge in [0.25, 0.3) is 5.56 Å². The van der Waals surface area contributed by atoms with Crippen LogP contribution in [0.5, 0.6) is 0 Å². The van der Waals surface area contributed by atoms with E-state index >= 15 is 0 Å². The van der Waals surface area contributed by atoms with Crippen LogP contribution in [-0.4, -0.2) is 27.1 Å². The van der Waals surface area contributed by atoms with Crippen molar-refractivity contribution >= 4 is 12.6 Å². The van der Waals surface area contributed by atoms with Gasteiger partial charge in [-0.3, -0.25) is 9.78 Å². The van der Waals surface area contributed by atoms with E-state index < -0.39 is 18.4 Å². The second-order valence-electron chi connectivity index (χ2n) is 1.90. The molecule has 7 heteroatoms. The molecule has 11 heavy (non-hydrogen) atoms. The predicted octanol–water partition coefficient (Wildman–Crippen LogP) is -3.26. The standard InChI is InChI=1S/C4H5BN2O4/c8-3-2(5(10)11)1-6-4(9)7-3/h1,10-11H,(H2,6,7,8,9). The monoisotopic (exact) mass is 156 g/mol. The molecule has 0 amide bonds. The Morgan fingerprint density at radius 3 is 2.45 bits per heavy atom. The lowest BCUT2D eigenvalue weighted by Crippen LogP contribution is -2.45. The van der Waals surface area contributed by atoms with Crippen LogP contribution in [0.1, 0.15) is 0 Å². The van der Waals surface area contributed by atoms with Gasteiger partial charge in [0.2, 0.25) is 0 Å². The van der Waals surface area contributed by atoms with Crippen LogP contribution in [0.15, 0.2) is 15.8 Å². The minimum atomic E-state index is -1.87.